The van der Waals surface area contributed by atoms with Gasteiger partial charge in [0.25, 0.3) is 0 Å². The Hall–Kier alpha value is -0.350. The van der Waals surface area contributed by atoms with Gasteiger partial charge in [0.15, 0.2) is 0 Å². The van der Waals surface area contributed by atoms with Crippen LogP contribution in [0.4, 0.5) is 0 Å². The highest BCUT2D eigenvalue weighted by Crippen LogP contribution is 2.32. The zero-order chi connectivity index (χ0) is 10.7. The van der Waals surface area contributed by atoms with E-state index < -0.39 is 0 Å². The van der Waals surface area contributed by atoms with E-state index in [1.165, 1.54) is 37.9 Å². The quantitative estimate of drug-likeness (QED) is 0.888. The fourth-order valence-electron chi connectivity index (χ4n) is 2.27. The molecule has 0 bridgehead atoms. The number of aromatic nitrogens is 2. The minimum atomic E-state index is 0.653. The van der Waals surface area contributed by atoms with E-state index in [1.807, 2.05) is 7.05 Å². The molecule has 3 nitrogen and oxygen atoms in total. The van der Waals surface area contributed by atoms with Gasteiger partial charge in [0.05, 0.1) is 5.69 Å². The normalized spacial score (nSPS) is 18.3. The molecule has 1 saturated carbocycles. The Balaban J connectivity index is 2.10. The molecule has 2 rings (SSSR count). The number of hydrogen-bond acceptors (Lipinski definition) is 2. The van der Waals surface area contributed by atoms with Crippen molar-refractivity contribution >= 4 is 15.9 Å². The number of rotatable bonds is 3. The fraction of sp³-hybridized carbons (Fsp3) is 0.727. The lowest BCUT2D eigenvalue weighted by Gasteiger charge is -2.19. The van der Waals surface area contributed by atoms with Gasteiger partial charge in [0.1, 0.15) is 10.4 Å². The first kappa shape index (κ1) is 11.1. The second kappa shape index (κ2) is 5.12. The molecule has 1 aromatic heterocycles. The first-order chi connectivity index (χ1) is 7.31. The summed E-state index contributed by atoms with van der Waals surface area (Å²) in [7, 11) is 1.95. The Morgan fingerprint density at radius 1 is 1.40 bits per heavy atom. The molecule has 84 valence electrons. The van der Waals surface area contributed by atoms with Gasteiger partial charge >= 0.3 is 0 Å². The van der Waals surface area contributed by atoms with Gasteiger partial charge < -0.3 is 10.3 Å². The van der Waals surface area contributed by atoms with Crippen LogP contribution in [-0.4, -0.2) is 17.0 Å². The largest absolute Gasteiger partial charge is 0.344 e. The maximum absolute atomic E-state index is 4.57. The minimum Gasteiger partial charge on any atom is -0.344 e. The summed E-state index contributed by atoms with van der Waals surface area (Å²) in [6, 6.07) is 0. The molecule has 2 N–H and O–H groups in total. The molecule has 1 heterocycles. The Labute approximate surface area is 99.2 Å². The predicted molar refractivity (Wildman–Crippen MR) is 64.9 cm³/mol. The lowest BCUT2D eigenvalue weighted by Crippen LogP contribution is -2.08. The third kappa shape index (κ3) is 2.61. The average Bonchev–Trinajstić information content (AvgIpc) is 2.63. The monoisotopic (exact) mass is 271 g/mol. The SMILES string of the molecule is CNCc1[nH]c(C2CCCCC2)nc1Br. The van der Waals surface area contributed by atoms with E-state index in [0.29, 0.717) is 5.92 Å². The Morgan fingerprint density at radius 3 is 2.80 bits per heavy atom. The maximum Gasteiger partial charge on any atom is 0.128 e. The fourth-order valence-corrected chi connectivity index (χ4v) is 2.70. The molecular weight excluding hydrogens is 254 g/mol. The summed E-state index contributed by atoms with van der Waals surface area (Å²) in [6.07, 6.45) is 6.67. The van der Waals surface area contributed by atoms with Gasteiger partial charge in [-0.25, -0.2) is 4.98 Å². The van der Waals surface area contributed by atoms with E-state index in [0.717, 1.165) is 16.8 Å². The van der Waals surface area contributed by atoms with E-state index in [1.54, 1.807) is 0 Å². The first-order valence-corrected chi connectivity index (χ1v) is 6.49. The van der Waals surface area contributed by atoms with Crippen LogP contribution in [0.25, 0.3) is 0 Å². The lowest BCUT2D eigenvalue weighted by molar-refractivity contribution is 0.430. The van der Waals surface area contributed by atoms with Crippen molar-refractivity contribution in [1.82, 2.24) is 15.3 Å². The van der Waals surface area contributed by atoms with E-state index >= 15 is 0 Å². The first-order valence-electron chi connectivity index (χ1n) is 5.70. The van der Waals surface area contributed by atoms with Gasteiger partial charge in [-0.2, -0.15) is 0 Å². The van der Waals surface area contributed by atoms with Crippen LogP contribution < -0.4 is 5.32 Å². The predicted octanol–water partition coefficient (Wildman–Crippen LogP) is 2.94. The topological polar surface area (TPSA) is 40.7 Å². The minimum absolute atomic E-state index is 0.653. The van der Waals surface area contributed by atoms with E-state index in [2.05, 4.69) is 31.2 Å². The molecule has 0 atom stereocenters. The highest BCUT2D eigenvalue weighted by Gasteiger charge is 2.19. The molecule has 0 saturated heterocycles. The van der Waals surface area contributed by atoms with Gasteiger partial charge in [-0.05, 0) is 35.8 Å². The number of nitrogens with zero attached hydrogens (tertiary/aromatic N) is 1. The van der Waals surface area contributed by atoms with Gasteiger partial charge in [0, 0.05) is 12.5 Å². The molecule has 0 amide bonds. The Kier molecular flexibility index (Phi) is 3.81. The average molecular weight is 272 g/mol. The van der Waals surface area contributed by atoms with Crippen LogP contribution in [0.2, 0.25) is 0 Å². The summed E-state index contributed by atoms with van der Waals surface area (Å²) in [5.41, 5.74) is 1.16. The second-order valence-corrected chi connectivity index (χ2v) is 5.01. The zero-order valence-corrected chi connectivity index (χ0v) is 10.7. The highest BCUT2D eigenvalue weighted by atomic mass is 79.9. The summed E-state index contributed by atoms with van der Waals surface area (Å²) in [5, 5.41) is 3.14. The molecule has 1 aromatic rings. The molecule has 1 fully saturated rings. The Morgan fingerprint density at radius 2 is 2.13 bits per heavy atom. The summed E-state index contributed by atoms with van der Waals surface area (Å²) in [4.78, 5) is 8.01. The number of nitrogens with one attached hydrogen (secondary N) is 2. The van der Waals surface area contributed by atoms with E-state index in [9.17, 15) is 0 Å². The molecule has 0 aliphatic heterocycles. The van der Waals surface area contributed by atoms with Gasteiger partial charge in [-0.1, -0.05) is 19.3 Å². The van der Waals surface area contributed by atoms with Crippen LogP contribution in [0.1, 0.15) is 49.5 Å². The van der Waals surface area contributed by atoms with E-state index in [-0.39, 0.29) is 0 Å². The van der Waals surface area contributed by atoms with Gasteiger partial charge in [0.2, 0.25) is 0 Å². The molecule has 1 aliphatic carbocycles. The van der Waals surface area contributed by atoms with Crippen molar-refractivity contribution in [2.75, 3.05) is 7.05 Å². The maximum atomic E-state index is 4.57. The molecule has 0 radical (unpaired) electrons. The van der Waals surface area contributed by atoms with Crippen molar-refractivity contribution in [2.24, 2.45) is 0 Å². The molecule has 0 unspecified atom stereocenters. The smallest absolute Gasteiger partial charge is 0.128 e. The number of hydrogen-bond donors (Lipinski definition) is 2. The lowest BCUT2D eigenvalue weighted by atomic mass is 9.89. The van der Waals surface area contributed by atoms with E-state index in [4.69, 9.17) is 0 Å². The summed E-state index contributed by atoms with van der Waals surface area (Å²) < 4.78 is 0.970. The van der Waals surface area contributed by atoms with Crippen molar-refractivity contribution in [2.45, 2.75) is 44.6 Å². The zero-order valence-electron chi connectivity index (χ0n) is 9.15. The van der Waals surface area contributed by atoms with Crippen molar-refractivity contribution < 1.29 is 0 Å². The van der Waals surface area contributed by atoms with Crippen LogP contribution in [0.5, 0.6) is 0 Å². The molecule has 0 spiro atoms. The number of imidazole rings is 1. The third-order valence-electron chi connectivity index (χ3n) is 3.09. The van der Waals surface area contributed by atoms with Crippen LogP contribution in [0, 0.1) is 0 Å². The van der Waals surface area contributed by atoms with Crippen molar-refractivity contribution in [1.29, 1.82) is 0 Å². The highest BCUT2D eigenvalue weighted by molar-refractivity contribution is 9.10. The number of halogens is 1. The molecule has 4 heteroatoms. The number of aromatic amines is 1. The van der Waals surface area contributed by atoms with Gasteiger partial charge in [-0.15, -0.1) is 0 Å². The third-order valence-corrected chi connectivity index (χ3v) is 3.75. The summed E-state index contributed by atoms with van der Waals surface area (Å²) in [6.45, 7) is 0.848. The van der Waals surface area contributed by atoms with Crippen LogP contribution in [0.15, 0.2) is 4.60 Å². The molecular formula is C11H18BrN3. The van der Waals surface area contributed by atoms with Gasteiger partial charge in [-0.3, -0.25) is 0 Å². The Bertz CT molecular complexity index is 316. The second-order valence-electron chi connectivity index (χ2n) is 4.26. The standard InChI is InChI=1S/C11H18BrN3/c1-13-7-9-10(12)15-11(14-9)8-5-3-2-4-6-8/h8,13H,2-7H2,1H3,(H,14,15). The van der Waals surface area contributed by atoms with Crippen molar-refractivity contribution in [3.05, 3.63) is 16.1 Å². The molecule has 0 aromatic carbocycles. The summed E-state index contributed by atoms with van der Waals surface area (Å²) >= 11 is 3.50. The number of H-pyrrole nitrogens is 1. The summed E-state index contributed by atoms with van der Waals surface area (Å²) in [5.74, 6) is 1.83. The van der Waals surface area contributed by atoms with Crippen molar-refractivity contribution in [3.63, 3.8) is 0 Å². The van der Waals surface area contributed by atoms with Crippen molar-refractivity contribution in [3.8, 4) is 0 Å². The molecule has 15 heavy (non-hydrogen) atoms. The van der Waals surface area contributed by atoms with Crippen LogP contribution >= 0.6 is 15.9 Å². The molecule has 1 aliphatic rings. The van der Waals surface area contributed by atoms with Crippen LogP contribution in [-0.2, 0) is 6.54 Å². The van der Waals surface area contributed by atoms with Crippen LogP contribution in [0.3, 0.4) is 0 Å².